The number of thiocarbonyl (C=S) groups is 1. The zero-order chi connectivity index (χ0) is 43.9. The number of hydrogen-bond donors (Lipinski definition) is 2. The van der Waals surface area contributed by atoms with E-state index < -0.39 is 17.3 Å². The summed E-state index contributed by atoms with van der Waals surface area (Å²) in [6, 6.07) is 17.6. The van der Waals surface area contributed by atoms with Gasteiger partial charge < -0.3 is 25.0 Å². The van der Waals surface area contributed by atoms with Gasteiger partial charge in [0.1, 0.15) is 17.4 Å². The van der Waals surface area contributed by atoms with Crippen LogP contribution < -0.4 is 25.6 Å². The van der Waals surface area contributed by atoms with Crippen molar-refractivity contribution in [3.8, 4) is 6.07 Å². The van der Waals surface area contributed by atoms with Crippen molar-refractivity contribution in [1.29, 1.82) is 5.26 Å². The second-order valence-electron chi connectivity index (χ2n) is 16.1. The summed E-state index contributed by atoms with van der Waals surface area (Å²) in [4.78, 5) is 69.2. The van der Waals surface area contributed by atoms with Crippen molar-refractivity contribution in [2.45, 2.75) is 52.1 Å². The predicted molar refractivity (Wildman–Crippen MR) is 238 cm³/mol. The highest BCUT2D eigenvalue weighted by molar-refractivity contribution is 7.81. The zero-order valence-electron chi connectivity index (χ0n) is 34.3. The molecule has 318 valence electrons. The highest BCUT2D eigenvalue weighted by atomic mass is 35.5. The van der Waals surface area contributed by atoms with Crippen molar-refractivity contribution in [1.82, 2.24) is 30.0 Å². The van der Waals surface area contributed by atoms with Crippen LogP contribution in [0.2, 0.25) is 5.02 Å². The standard InChI is InChI=1S/C44H43ClFN11O4S/c1-4-27-20-35-36(49-39(27)58)19-26(24-48-35)25-53-15-17-55(18-16-53)41(60)28-11-13-54(14-12-28)38-10-9-37(51-52-38)50-40(59)32-8-7-31(22-34(32)46)57-43(62)56(42(61)44(57,2)3)30-6-5-29(23-47)33(45)21-30/h5-10,19-22,24,28H,4,11-18,25H2,1-3H3,(H,49,58)(H,50,51,59). The van der Waals surface area contributed by atoms with Crippen molar-refractivity contribution in [2.24, 2.45) is 5.92 Å². The Kier molecular flexibility index (Phi) is 11.7. The van der Waals surface area contributed by atoms with Gasteiger partial charge in [-0.3, -0.25) is 34.0 Å². The highest BCUT2D eigenvalue weighted by Crippen LogP contribution is 2.38. The number of aromatic amines is 1. The van der Waals surface area contributed by atoms with Gasteiger partial charge in [0.25, 0.3) is 17.4 Å². The van der Waals surface area contributed by atoms with Gasteiger partial charge in [0.2, 0.25) is 5.91 Å². The number of hydrogen-bond acceptors (Lipinski definition) is 11. The SMILES string of the molecule is CCc1cc2ncc(CN3CCN(C(=O)C4CCN(c5ccc(NC(=O)c6ccc(N7C(=S)N(c8ccc(C#N)c(Cl)c8)C(=O)C7(C)C)cc6F)nn5)CC4)CC3)cc2[nH]c1=O. The molecule has 6 heterocycles. The molecule has 15 nitrogen and oxygen atoms in total. The van der Waals surface area contributed by atoms with Gasteiger partial charge >= 0.3 is 0 Å². The molecular formula is C44H43ClFN11O4S. The molecule has 0 saturated carbocycles. The average molecular weight is 876 g/mol. The highest BCUT2D eigenvalue weighted by Gasteiger charge is 2.50. The van der Waals surface area contributed by atoms with Gasteiger partial charge in [-0.2, -0.15) is 5.26 Å². The molecule has 0 radical (unpaired) electrons. The molecule has 3 fully saturated rings. The van der Waals surface area contributed by atoms with Crippen LogP contribution in [-0.2, 0) is 22.6 Å². The van der Waals surface area contributed by atoms with Gasteiger partial charge in [-0.05, 0) is 112 Å². The number of carbonyl (C=O) groups excluding carboxylic acids is 3. The Morgan fingerprint density at radius 1 is 0.984 bits per heavy atom. The number of carbonyl (C=O) groups is 3. The lowest BCUT2D eigenvalue weighted by Gasteiger charge is -2.38. The molecule has 5 aromatic rings. The average Bonchev–Trinajstić information content (AvgIpc) is 3.44. The summed E-state index contributed by atoms with van der Waals surface area (Å²) in [6.45, 7) is 9.95. The number of nitriles is 1. The van der Waals surface area contributed by atoms with E-state index in [2.05, 4.69) is 35.3 Å². The summed E-state index contributed by atoms with van der Waals surface area (Å²) in [5.41, 5.74) is 2.56. The molecule has 3 aliphatic rings. The number of benzene rings is 2. The van der Waals surface area contributed by atoms with Crippen LogP contribution >= 0.6 is 23.8 Å². The molecule has 3 aromatic heterocycles. The first kappa shape index (κ1) is 42.3. The number of nitrogens with one attached hydrogen (secondary N) is 2. The Bertz CT molecular complexity index is 2710. The van der Waals surface area contributed by atoms with Gasteiger partial charge in [0.15, 0.2) is 16.7 Å². The van der Waals surface area contributed by atoms with Crippen molar-refractivity contribution < 1.29 is 18.8 Å². The summed E-state index contributed by atoms with van der Waals surface area (Å²) < 4.78 is 15.6. The van der Waals surface area contributed by atoms with Gasteiger partial charge in [-0.1, -0.05) is 18.5 Å². The smallest absolute Gasteiger partial charge is 0.259 e. The number of piperazine rings is 1. The van der Waals surface area contributed by atoms with Crippen LogP contribution in [0.15, 0.2) is 71.7 Å². The minimum atomic E-state index is -1.21. The molecular weight excluding hydrogens is 833 g/mol. The van der Waals surface area contributed by atoms with E-state index in [0.717, 1.165) is 41.3 Å². The Morgan fingerprint density at radius 3 is 2.39 bits per heavy atom. The summed E-state index contributed by atoms with van der Waals surface area (Å²) >= 11 is 11.9. The number of rotatable bonds is 9. The largest absolute Gasteiger partial charge is 0.355 e. The number of aryl methyl sites for hydroxylation is 1. The third-order valence-corrected chi connectivity index (χ3v) is 12.5. The Labute approximate surface area is 367 Å². The Balaban J connectivity index is 0.821. The van der Waals surface area contributed by atoms with Crippen molar-refractivity contribution in [3.05, 3.63) is 110 Å². The number of aromatic nitrogens is 4. The van der Waals surface area contributed by atoms with Crippen LogP contribution in [0.25, 0.3) is 11.0 Å². The van der Waals surface area contributed by atoms with Crippen LogP contribution in [0.4, 0.5) is 27.4 Å². The van der Waals surface area contributed by atoms with Crippen LogP contribution in [0.3, 0.4) is 0 Å². The fourth-order valence-corrected chi connectivity index (χ4v) is 9.01. The second kappa shape index (κ2) is 17.2. The van der Waals surface area contributed by atoms with Gasteiger partial charge in [-0.25, -0.2) is 4.39 Å². The number of piperidine rings is 1. The van der Waals surface area contributed by atoms with Crippen LogP contribution in [0.5, 0.6) is 0 Å². The third kappa shape index (κ3) is 8.20. The fraction of sp³-hybridized carbons (Fsp3) is 0.341. The lowest BCUT2D eigenvalue weighted by atomic mass is 9.95. The fourth-order valence-electron chi connectivity index (χ4n) is 8.28. The van der Waals surface area contributed by atoms with E-state index in [1.165, 1.54) is 34.1 Å². The summed E-state index contributed by atoms with van der Waals surface area (Å²) in [7, 11) is 0. The van der Waals surface area contributed by atoms with E-state index in [1.807, 2.05) is 36.2 Å². The minimum Gasteiger partial charge on any atom is -0.355 e. The molecule has 3 aliphatic heterocycles. The number of fused-ring (bicyclic) bond motifs is 1. The number of nitrogens with zero attached hydrogens (tertiary/aromatic N) is 9. The van der Waals surface area contributed by atoms with Crippen molar-refractivity contribution in [3.63, 3.8) is 0 Å². The number of anilines is 4. The first-order valence-electron chi connectivity index (χ1n) is 20.4. The minimum absolute atomic E-state index is 0.0804. The number of pyridine rings is 2. The molecule has 18 heteroatoms. The van der Waals surface area contributed by atoms with E-state index in [9.17, 15) is 24.4 Å². The maximum atomic E-state index is 15.6. The molecule has 2 N–H and O–H groups in total. The first-order chi connectivity index (χ1) is 29.7. The molecule has 0 atom stereocenters. The van der Waals surface area contributed by atoms with Crippen LogP contribution in [0, 0.1) is 23.1 Å². The maximum Gasteiger partial charge on any atom is 0.259 e. The quantitative estimate of drug-likeness (QED) is 0.174. The third-order valence-electron chi connectivity index (χ3n) is 11.8. The first-order valence-corrected chi connectivity index (χ1v) is 21.1. The normalized spacial score (nSPS) is 17.2. The molecule has 0 spiro atoms. The van der Waals surface area contributed by atoms with E-state index in [0.29, 0.717) is 63.5 Å². The summed E-state index contributed by atoms with van der Waals surface area (Å²) in [6.07, 6.45) is 3.85. The Morgan fingerprint density at radius 2 is 1.73 bits per heavy atom. The van der Waals surface area contributed by atoms with E-state index in [-0.39, 0.29) is 56.1 Å². The van der Waals surface area contributed by atoms with Gasteiger partial charge in [0.05, 0.1) is 32.9 Å². The molecule has 2 aromatic carbocycles. The number of amides is 3. The van der Waals surface area contributed by atoms with Crippen LogP contribution in [0.1, 0.15) is 60.7 Å². The van der Waals surface area contributed by atoms with Crippen LogP contribution in [-0.4, -0.2) is 97.6 Å². The van der Waals surface area contributed by atoms with Crippen molar-refractivity contribution >= 4 is 80.7 Å². The number of halogens is 2. The lowest BCUT2D eigenvalue weighted by molar-refractivity contribution is -0.138. The molecule has 3 amide bonds. The molecule has 8 rings (SSSR count). The van der Waals surface area contributed by atoms with Gasteiger partial charge in [0, 0.05) is 69.2 Å². The summed E-state index contributed by atoms with van der Waals surface area (Å²) in [5.74, 6) is -1.14. The molecule has 0 unspecified atom stereocenters. The van der Waals surface area contributed by atoms with Gasteiger partial charge in [-0.15, -0.1) is 10.2 Å². The van der Waals surface area contributed by atoms with Crippen molar-refractivity contribution in [2.75, 3.05) is 59.3 Å². The monoisotopic (exact) mass is 875 g/mol. The Hall–Kier alpha value is -6.35. The summed E-state index contributed by atoms with van der Waals surface area (Å²) in [5, 5.41) is 20.6. The van der Waals surface area contributed by atoms with E-state index >= 15 is 4.39 Å². The molecule has 0 bridgehead atoms. The molecule has 62 heavy (non-hydrogen) atoms. The molecule has 0 aliphatic carbocycles. The van der Waals surface area contributed by atoms with E-state index in [1.54, 1.807) is 32.0 Å². The maximum absolute atomic E-state index is 15.6. The zero-order valence-corrected chi connectivity index (χ0v) is 35.9. The predicted octanol–water partition coefficient (Wildman–Crippen LogP) is 5.67. The van der Waals surface area contributed by atoms with E-state index in [4.69, 9.17) is 23.8 Å². The second-order valence-corrected chi connectivity index (χ2v) is 16.9. The lowest BCUT2D eigenvalue weighted by Crippen LogP contribution is -2.51. The molecule has 3 saturated heterocycles. The number of H-pyrrole nitrogens is 1. The topological polar surface area (TPSA) is 175 Å².